The van der Waals surface area contributed by atoms with Gasteiger partial charge in [0.25, 0.3) is 0 Å². The molecule has 112 valence electrons. The molecule has 2 fully saturated rings. The summed E-state index contributed by atoms with van der Waals surface area (Å²) in [5.74, 6) is 6.95. The molecular formula is C12H18N8O. The number of aromatic nitrogens is 3. The molecule has 1 aromatic heterocycles. The zero-order chi connectivity index (χ0) is 14.7. The molecule has 0 aliphatic carbocycles. The highest BCUT2D eigenvalue weighted by Crippen LogP contribution is 2.21. The molecular weight excluding hydrogens is 272 g/mol. The smallest absolute Gasteiger partial charge is 0.243 e. The van der Waals surface area contributed by atoms with Crippen molar-refractivity contribution in [1.82, 2.24) is 15.0 Å². The minimum atomic E-state index is -0.458. The Labute approximate surface area is 122 Å². The first-order chi connectivity index (χ1) is 10.3. The van der Waals surface area contributed by atoms with Gasteiger partial charge in [0.2, 0.25) is 17.8 Å². The molecule has 3 N–H and O–H groups in total. The van der Waals surface area contributed by atoms with Gasteiger partial charge in [0.15, 0.2) is 6.10 Å². The van der Waals surface area contributed by atoms with Crippen molar-refractivity contribution in [1.29, 1.82) is 5.26 Å². The van der Waals surface area contributed by atoms with Crippen LogP contribution in [0.1, 0.15) is 12.8 Å². The van der Waals surface area contributed by atoms with E-state index in [0.717, 1.165) is 25.9 Å². The number of hydrogen-bond acceptors (Lipinski definition) is 9. The van der Waals surface area contributed by atoms with Crippen LogP contribution in [-0.2, 0) is 4.74 Å². The lowest BCUT2D eigenvalue weighted by Crippen LogP contribution is -2.43. The zero-order valence-electron chi connectivity index (χ0n) is 11.7. The Balaban J connectivity index is 1.86. The number of ether oxygens (including phenoxy) is 1. The lowest BCUT2D eigenvalue weighted by Gasteiger charge is -2.30. The maximum Gasteiger partial charge on any atom is 0.243 e. The van der Waals surface area contributed by atoms with Crippen molar-refractivity contribution in [3.63, 3.8) is 0 Å². The number of nitriles is 1. The van der Waals surface area contributed by atoms with Crippen molar-refractivity contribution in [2.24, 2.45) is 5.84 Å². The number of morpholine rings is 1. The van der Waals surface area contributed by atoms with Crippen molar-refractivity contribution in [3.05, 3.63) is 0 Å². The van der Waals surface area contributed by atoms with Gasteiger partial charge in [-0.1, -0.05) is 0 Å². The normalized spacial score (nSPS) is 22.2. The molecule has 21 heavy (non-hydrogen) atoms. The molecule has 0 bridgehead atoms. The molecule has 9 nitrogen and oxygen atoms in total. The van der Waals surface area contributed by atoms with Crippen molar-refractivity contribution in [2.75, 3.05) is 48.0 Å². The van der Waals surface area contributed by atoms with E-state index < -0.39 is 6.10 Å². The van der Waals surface area contributed by atoms with Crippen molar-refractivity contribution in [3.8, 4) is 6.07 Å². The predicted octanol–water partition coefficient (Wildman–Crippen LogP) is -0.514. The van der Waals surface area contributed by atoms with Gasteiger partial charge in [-0.3, -0.25) is 5.43 Å². The van der Waals surface area contributed by atoms with Crippen LogP contribution in [0.5, 0.6) is 0 Å². The summed E-state index contributed by atoms with van der Waals surface area (Å²) in [7, 11) is 0. The summed E-state index contributed by atoms with van der Waals surface area (Å²) in [6, 6.07) is 2.12. The van der Waals surface area contributed by atoms with Crippen LogP contribution < -0.4 is 21.1 Å². The summed E-state index contributed by atoms with van der Waals surface area (Å²) < 4.78 is 5.34. The number of anilines is 3. The van der Waals surface area contributed by atoms with Crippen molar-refractivity contribution < 1.29 is 4.74 Å². The highest BCUT2D eigenvalue weighted by Gasteiger charge is 2.24. The van der Waals surface area contributed by atoms with E-state index in [2.05, 4.69) is 31.3 Å². The molecule has 2 saturated heterocycles. The number of nitrogen functional groups attached to an aromatic ring is 1. The van der Waals surface area contributed by atoms with Crippen LogP contribution in [0, 0.1) is 11.3 Å². The number of nitrogens with one attached hydrogen (secondary N) is 1. The topological polar surface area (TPSA) is 116 Å². The summed E-state index contributed by atoms with van der Waals surface area (Å²) in [5, 5.41) is 8.99. The first-order valence-electron chi connectivity index (χ1n) is 7.04. The van der Waals surface area contributed by atoms with E-state index in [1.165, 1.54) is 0 Å². The first kappa shape index (κ1) is 13.8. The molecule has 0 amide bonds. The van der Waals surface area contributed by atoms with Gasteiger partial charge in [0.1, 0.15) is 0 Å². The quantitative estimate of drug-likeness (QED) is 0.560. The molecule has 0 radical (unpaired) electrons. The Hall–Kier alpha value is -2.18. The monoisotopic (exact) mass is 290 g/mol. The molecule has 1 aromatic rings. The van der Waals surface area contributed by atoms with E-state index >= 15 is 0 Å². The van der Waals surface area contributed by atoms with Gasteiger partial charge in [-0.25, -0.2) is 5.84 Å². The van der Waals surface area contributed by atoms with Crippen molar-refractivity contribution in [2.45, 2.75) is 18.9 Å². The highest BCUT2D eigenvalue weighted by molar-refractivity contribution is 5.45. The Morgan fingerprint density at radius 1 is 1.14 bits per heavy atom. The molecule has 1 unspecified atom stereocenters. The molecule has 3 heterocycles. The lowest BCUT2D eigenvalue weighted by molar-refractivity contribution is 0.0758. The number of hydrazine groups is 1. The second kappa shape index (κ2) is 6.07. The van der Waals surface area contributed by atoms with E-state index in [0.29, 0.717) is 37.5 Å². The third kappa shape index (κ3) is 2.96. The average Bonchev–Trinajstić information content (AvgIpc) is 3.09. The van der Waals surface area contributed by atoms with Crippen LogP contribution in [0.4, 0.5) is 17.8 Å². The van der Waals surface area contributed by atoms with Gasteiger partial charge in [0, 0.05) is 19.6 Å². The largest absolute Gasteiger partial charge is 0.360 e. The number of nitrogens with two attached hydrogens (primary N) is 1. The predicted molar refractivity (Wildman–Crippen MR) is 76.7 cm³/mol. The Kier molecular flexibility index (Phi) is 3.98. The van der Waals surface area contributed by atoms with Crippen LogP contribution in [0.15, 0.2) is 0 Å². The zero-order valence-corrected chi connectivity index (χ0v) is 11.7. The van der Waals surface area contributed by atoms with Gasteiger partial charge < -0.3 is 14.5 Å². The minimum Gasteiger partial charge on any atom is -0.360 e. The first-order valence-corrected chi connectivity index (χ1v) is 7.04. The Morgan fingerprint density at radius 3 is 2.52 bits per heavy atom. The number of nitrogens with zero attached hydrogens (tertiary/aromatic N) is 6. The second-order valence-electron chi connectivity index (χ2n) is 5.03. The maximum absolute atomic E-state index is 8.99. The van der Waals surface area contributed by atoms with E-state index in [1.807, 2.05) is 4.90 Å². The van der Waals surface area contributed by atoms with Gasteiger partial charge in [-0.15, -0.1) is 0 Å². The molecule has 0 aromatic carbocycles. The SMILES string of the molecule is N#CC1CN(c2nc(NN)nc(N3CCCC3)n2)CCO1. The molecule has 2 aliphatic rings. The van der Waals surface area contributed by atoms with Crippen LogP contribution in [0.2, 0.25) is 0 Å². The molecule has 1 atom stereocenters. The van der Waals surface area contributed by atoms with Crippen LogP contribution >= 0.6 is 0 Å². The highest BCUT2D eigenvalue weighted by atomic mass is 16.5. The van der Waals surface area contributed by atoms with E-state index in [1.54, 1.807) is 0 Å². The van der Waals surface area contributed by atoms with Crippen LogP contribution in [0.25, 0.3) is 0 Å². The Bertz CT molecular complexity index is 539. The fraction of sp³-hybridized carbons (Fsp3) is 0.667. The van der Waals surface area contributed by atoms with E-state index in [9.17, 15) is 0 Å². The summed E-state index contributed by atoms with van der Waals surface area (Å²) in [6.07, 6.45) is 1.82. The standard InChI is InChI=1S/C12H18N8O/c13-7-9-8-20(5-6-21-9)12-16-10(18-14)15-11(17-12)19-3-1-2-4-19/h9H,1-6,8,14H2,(H,15,16,17,18). The van der Waals surface area contributed by atoms with Gasteiger partial charge in [0.05, 0.1) is 19.2 Å². The van der Waals surface area contributed by atoms with E-state index in [-0.39, 0.29) is 0 Å². The molecule has 2 aliphatic heterocycles. The number of hydrogen-bond donors (Lipinski definition) is 2. The van der Waals surface area contributed by atoms with Crippen LogP contribution in [0.3, 0.4) is 0 Å². The van der Waals surface area contributed by atoms with E-state index in [4.69, 9.17) is 15.8 Å². The number of rotatable bonds is 3. The summed E-state index contributed by atoms with van der Waals surface area (Å²) in [5.41, 5.74) is 2.48. The minimum absolute atomic E-state index is 0.335. The second-order valence-corrected chi connectivity index (χ2v) is 5.03. The summed E-state index contributed by atoms with van der Waals surface area (Å²) in [6.45, 7) is 3.46. The van der Waals surface area contributed by atoms with Gasteiger partial charge in [-0.2, -0.15) is 20.2 Å². The van der Waals surface area contributed by atoms with Crippen LogP contribution in [-0.4, -0.2) is 53.8 Å². The summed E-state index contributed by atoms with van der Waals surface area (Å²) in [4.78, 5) is 17.2. The Morgan fingerprint density at radius 2 is 1.86 bits per heavy atom. The average molecular weight is 290 g/mol. The fourth-order valence-electron chi connectivity index (χ4n) is 2.53. The van der Waals surface area contributed by atoms with Gasteiger partial charge >= 0.3 is 0 Å². The summed E-state index contributed by atoms with van der Waals surface area (Å²) >= 11 is 0. The van der Waals surface area contributed by atoms with Gasteiger partial charge in [-0.05, 0) is 12.8 Å². The molecule has 9 heteroatoms. The molecule has 0 saturated carbocycles. The third-order valence-electron chi connectivity index (χ3n) is 3.62. The molecule has 0 spiro atoms. The lowest BCUT2D eigenvalue weighted by atomic mass is 10.3. The third-order valence-corrected chi connectivity index (χ3v) is 3.62. The van der Waals surface area contributed by atoms with Crippen molar-refractivity contribution >= 4 is 17.8 Å². The fourth-order valence-corrected chi connectivity index (χ4v) is 2.53. The molecule has 3 rings (SSSR count). The maximum atomic E-state index is 8.99.